The maximum atomic E-state index is 11.7. The molecule has 4 rings (SSSR count). The van der Waals surface area contributed by atoms with Crippen molar-refractivity contribution < 1.29 is 9.90 Å². The Morgan fingerprint density at radius 2 is 2.17 bits per heavy atom. The van der Waals surface area contributed by atoms with Crippen molar-refractivity contribution in [2.75, 3.05) is 0 Å². The maximum absolute atomic E-state index is 11.7. The molecule has 66 valence electrons. The molecule has 4 fully saturated rings. The standard InChI is InChI=1S/C10H14O2/c11-9-6-3-4-10(12)7(5-6)1-2-8(9)10/h6-8,12H,1-5H2. The topological polar surface area (TPSA) is 37.3 Å². The van der Waals surface area contributed by atoms with E-state index < -0.39 is 5.60 Å². The first-order valence-corrected chi connectivity index (χ1v) is 4.98. The Labute approximate surface area is 72.0 Å². The molecule has 4 unspecified atom stereocenters. The van der Waals surface area contributed by atoms with Gasteiger partial charge in [-0.05, 0) is 38.0 Å². The van der Waals surface area contributed by atoms with Crippen LogP contribution in [0.3, 0.4) is 0 Å². The predicted octanol–water partition coefficient (Wildman–Crippen LogP) is 1.13. The molecule has 4 aliphatic rings. The predicted molar refractivity (Wildman–Crippen MR) is 43.5 cm³/mol. The average Bonchev–Trinajstić information content (AvgIpc) is 2.30. The Morgan fingerprint density at radius 1 is 1.33 bits per heavy atom. The minimum Gasteiger partial charge on any atom is -0.389 e. The molecule has 0 heterocycles. The third kappa shape index (κ3) is 0.598. The Balaban J connectivity index is 2.09. The number of aliphatic hydroxyl groups is 1. The average molecular weight is 166 g/mol. The van der Waals surface area contributed by atoms with Gasteiger partial charge in [0.25, 0.3) is 0 Å². The van der Waals surface area contributed by atoms with Crippen molar-refractivity contribution in [3.63, 3.8) is 0 Å². The van der Waals surface area contributed by atoms with Crippen molar-refractivity contribution in [2.45, 2.75) is 37.7 Å². The van der Waals surface area contributed by atoms with Gasteiger partial charge in [-0.2, -0.15) is 0 Å². The van der Waals surface area contributed by atoms with E-state index in [2.05, 4.69) is 0 Å². The molecule has 0 spiro atoms. The molecule has 0 saturated heterocycles. The summed E-state index contributed by atoms with van der Waals surface area (Å²) < 4.78 is 0. The van der Waals surface area contributed by atoms with Gasteiger partial charge in [0.15, 0.2) is 0 Å². The summed E-state index contributed by atoms with van der Waals surface area (Å²) >= 11 is 0. The van der Waals surface area contributed by atoms with Crippen molar-refractivity contribution in [3.8, 4) is 0 Å². The van der Waals surface area contributed by atoms with E-state index >= 15 is 0 Å². The van der Waals surface area contributed by atoms with Crippen LogP contribution in [0.1, 0.15) is 32.1 Å². The molecule has 4 saturated carbocycles. The summed E-state index contributed by atoms with van der Waals surface area (Å²) in [5.41, 5.74) is -0.564. The van der Waals surface area contributed by atoms with Gasteiger partial charge in [0.05, 0.1) is 5.60 Å². The zero-order chi connectivity index (χ0) is 8.34. The summed E-state index contributed by atoms with van der Waals surface area (Å²) in [5, 5.41) is 10.3. The van der Waals surface area contributed by atoms with Crippen LogP contribution < -0.4 is 0 Å². The van der Waals surface area contributed by atoms with Crippen molar-refractivity contribution in [1.82, 2.24) is 0 Å². The van der Waals surface area contributed by atoms with E-state index in [9.17, 15) is 9.90 Å². The lowest BCUT2D eigenvalue weighted by Gasteiger charge is -2.47. The summed E-state index contributed by atoms with van der Waals surface area (Å²) in [6.45, 7) is 0. The number of hydrogen-bond donors (Lipinski definition) is 1. The van der Waals surface area contributed by atoms with Crippen LogP contribution in [-0.2, 0) is 4.79 Å². The first-order valence-electron chi connectivity index (χ1n) is 4.98. The first-order chi connectivity index (χ1) is 5.72. The molecule has 12 heavy (non-hydrogen) atoms. The molecule has 4 atom stereocenters. The fraction of sp³-hybridized carbons (Fsp3) is 0.900. The van der Waals surface area contributed by atoms with Crippen LogP contribution in [0.25, 0.3) is 0 Å². The lowest BCUT2D eigenvalue weighted by atomic mass is 9.60. The Morgan fingerprint density at radius 3 is 2.92 bits per heavy atom. The lowest BCUT2D eigenvalue weighted by molar-refractivity contribution is -0.158. The molecule has 0 aromatic rings. The summed E-state index contributed by atoms with van der Waals surface area (Å²) in [6, 6.07) is 0. The molecule has 0 aromatic carbocycles. The number of carbonyl (C=O) groups excluding carboxylic acids is 1. The Bertz CT molecular complexity index is 248. The maximum Gasteiger partial charge on any atom is 0.141 e. The highest BCUT2D eigenvalue weighted by Gasteiger charge is 2.60. The molecule has 0 aliphatic heterocycles. The molecular weight excluding hydrogens is 152 g/mol. The number of fused-ring (bicyclic) bond motifs is 1. The van der Waals surface area contributed by atoms with Gasteiger partial charge >= 0.3 is 0 Å². The van der Waals surface area contributed by atoms with Gasteiger partial charge in [-0.25, -0.2) is 0 Å². The molecule has 1 N–H and O–H groups in total. The molecular formula is C10H14O2. The van der Waals surface area contributed by atoms with Crippen molar-refractivity contribution in [2.24, 2.45) is 17.8 Å². The van der Waals surface area contributed by atoms with Gasteiger partial charge < -0.3 is 5.11 Å². The number of hydrogen-bond acceptors (Lipinski definition) is 2. The Hall–Kier alpha value is -0.370. The van der Waals surface area contributed by atoms with Gasteiger partial charge in [0, 0.05) is 11.8 Å². The highest BCUT2D eigenvalue weighted by atomic mass is 16.3. The number of rotatable bonds is 0. The lowest BCUT2D eigenvalue weighted by Crippen LogP contribution is -2.54. The van der Waals surface area contributed by atoms with Crippen LogP contribution in [0.15, 0.2) is 0 Å². The van der Waals surface area contributed by atoms with E-state index in [-0.39, 0.29) is 5.92 Å². The van der Waals surface area contributed by atoms with E-state index in [4.69, 9.17) is 0 Å². The second-order valence-electron chi connectivity index (χ2n) is 4.69. The molecule has 0 amide bonds. The fourth-order valence-electron chi connectivity index (χ4n) is 3.65. The minimum atomic E-state index is -0.564. The van der Waals surface area contributed by atoms with Crippen LogP contribution in [0.5, 0.6) is 0 Å². The van der Waals surface area contributed by atoms with Gasteiger partial charge in [0.2, 0.25) is 0 Å². The third-order valence-electron chi connectivity index (χ3n) is 4.32. The van der Waals surface area contributed by atoms with Crippen molar-refractivity contribution in [1.29, 1.82) is 0 Å². The zero-order valence-corrected chi connectivity index (χ0v) is 7.12. The highest BCUT2D eigenvalue weighted by Crippen LogP contribution is 2.57. The minimum absolute atomic E-state index is 0.0231. The normalized spacial score (nSPS) is 56.4. The Kier molecular flexibility index (Phi) is 1.13. The number of carbonyl (C=O) groups is 1. The zero-order valence-electron chi connectivity index (χ0n) is 7.12. The summed E-state index contributed by atoms with van der Waals surface area (Å²) in [4.78, 5) is 11.7. The summed E-state index contributed by atoms with van der Waals surface area (Å²) in [7, 11) is 0. The van der Waals surface area contributed by atoms with E-state index in [0.717, 1.165) is 32.1 Å². The monoisotopic (exact) mass is 166 g/mol. The molecule has 4 aliphatic carbocycles. The molecule has 4 bridgehead atoms. The smallest absolute Gasteiger partial charge is 0.141 e. The van der Waals surface area contributed by atoms with Crippen LogP contribution in [0, 0.1) is 17.8 Å². The highest BCUT2D eigenvalue weighted by molar-refractivity contribution is 5.87. The third-order valence-corrected chi connectivity index (χ3v) is 4.32. The first kappa shape index (κ1) is 7.07. The van der Waals surface area contributed by atoms with E-state index in [1.54, 1.807) is 0 Å². The molecule has 0 aromatic heterocycles. The van der Waals surface area contributed by atoms with Crippen molar-refractivity contribution in [3.05, 3.63) is 0 Å². The van der Waals surface area contributed by atoms with Gasteiger partial charge in [-0.3, -0.25) is 4.79 Å². The van der Waals surface area contributed by atoms with Crippen LogP contribution in [0.2, 0.25) is 0 Å². The largest absolute Gasteiger partial charge is 0.389 e. The van der Waals surface area contributed by atoms with E-state index in [1.807, 2.05) is 0 Å². The van der Waals surface area contributed by atoms with Crippen LogP contribution in [-0.4, -0.2) is 16.5 Å². The second-order valence-corrected chi connectivity index (χ2v) is 4.69. The van der Waals surface area contributed by atoms with Gasteiger partial charge in [0.1, 0.15) is 5.78 Å². The quantitative estimate of drug-likeness (QED) is 0.585. The second kappa shape index (κ2) is 1.92. The number of ketones is 1. The molecule has 2 nitrogen and oxygen atoms in total. The van der Waals surface area contributed by atoms with E-state index in [0.29, 0.717) is 17.6 Å². The summed E-state index contributed by atoms with van der Waals surface area (Å²) in [6.07, 6.45) is 4.85. The fourth-order valence-corrected chi connectivity index (χ4v) is 3.65. The van der Waals surface area contributed by atoms with Crippen LogP contribution >= 0.6 is 0 Å². The van der Waals surface area contributed by atoms with Crippen molar-refractivity contribution >= 4 is 5.78 Å². The van der Waals surface area contributed by atoms with Gasteiger partial charge in [-0.1, -0.05) is 0 Å². The van der Waals surface area contributed by atoms with Gasteiger partial charge in [-0.15, -0.1) is 0 Å². The molecule has 0 radical (unpaired) electrons. The van der Waals surface area contributed by atoms with E-state index in [1.165, 1.54) is 0 Å². The van der Waals surface area contributed by atoms with Crippen LogP contribution in [0.4, 0.5) is 0 Å². The number of Topliss-reactive ketones (excluding diaryl/α,β-unsaturated/α-hetero) is 1. The summed E-state index contributed by atoms with van der Waals surface area (Å²) in [5.74, 6) is 1.17. The SMILES string of the molecule is O=C1C2CCC3(O)C(CCC13)C2. The molecule has 2 heteroatoms.